The molecule has 8 heteroatoms. The third kappa shape index (κ3) is 6.51. The number of hydrogen-bond acceptors (Lipinski definition) is 5. The molecule has 1 rings (SSSR count). The van der Waals surface area contributed by atoms with Crippen LogP contribution in [0.15, 0.2) is 12.5 Å². The van der Waals surface area contributed by atoms with Gasteiger partial charge in [-0.25, -0.2) is 9.78 Å². The Bertz CT molecular complexity index is 324. The first-order valence-corrected chi connectivity index (χ1v) is 4.26. The number of imidazole rings is 1. The van der Waals surface area contributed by atoms with E-state index in [2.05, 4.69) is 9.97 Å². The lowest BCUT2D eigenvalue weighted by Gasteiger charge is -2.01. The Kier molecular flexibility index (Phi) is 6.48. The van der Waals surface area contributed by atoms with Crippen LogP contribution in [-0.4, -0.2) is 49.9 Å². The molecule has 90 valence electrons. The van der Waals surface area contributed by atoms with Crippen molar-refractivity contribution in [2.75, 3.05) is 6.61 Å². The lowest BCUT2D eigenvalue weighted by atomic mass is 10.2. The van der Waals surface area contributed by atoms with Crippen LogP contribution in [0.25, 0.3) is 0 Å². The van der Waals surface area contributed by atoms with Gasteiger partial charge in [0.05, 0.1) is 12.0 Å². The number of nitrogens with one attached hydrogen (secondary N) is 1. The summed E-state index contributed by atoms with van der Waals surface area (Å²) in [6.07, 6.45) is 3.38. The summed E-state index contributed by atoms with van der Waals surface area (Å²) >= 11 is 0. The minimum Gasteiger partial charge on any atom is -0.480 e. The quantitative estimate of drug-likeness (QED) is 0.420. The second-order valence-corrected chi connectivity index (χ2v) is 2.76. The third-order valence-electron chi connectivity index (χ3n) is 1.44. The summed E-state index contributed by atoms with van der Waals surface area (Å²) in [7, 11) is 0. The predicted molar refractivity (Wildman–Crippen MR) is 52.6 cm³/mol. The number of nitrogens with zero attached hydrogens (tertiary/aromatic N) is 1. The van der Waals surface area contributed by atoms with Gasteiger partial charge in [-0.2, -0.15) is 0 Å². The van der Waals surface area contributed by atoms with Gasteiger partial charge in [0.1, 0.15) is 12.6 Å². The first-order chi connectivity index (χ1) is 7.47. The van der Waals surface area contributed by atoms with E-state index in [4.69, 9.17) is 25.8 Å². The van der Waals surface area contributed by atoms with E-state index in [0.29, 0.717) is 5.69 Å². The van der Waals surface area contributed by atoms with Gasteiger partial charge in [0, 0.05) is 12.6 Å². The van der Waals surface area contributed by atoms with E-state index < -0.39 is 24.6 Å². The van der Waals surface area contributed by atoms with Crippen LogP contribution < -0.4 is 5.73 Å². The van der Waals surface area contributed by atoms with Crippen LogP contribution in [0.1, 0.15) is 5.69 Å². The second-order valence-electron chi connectivity index (χ2n) is 2.76. The van der Waals surface area contributed by atoms with Gasteiger partial charge in [-0.05, 0) is 0 Å². The zero-order valence-electron chi connectivity index (χ0n) is 8.33. The molecule has 1 atom stereocenters. The molecule has 0 aliphatic rings. The fourth-order valence-electron chi connectivity index (χ4n) is 0.715. The molecular formula is C8H13N3O5. The molecule has 1 aromatic heterocycles. The maximum atomic E-state index is 10.3. The zero-order valence-corrected chi connectivity index (χ0v) is 8.33. The number of nitrogens with two attached hydrogens (primary N) is 1. The highest BCUT2D eigenvalue weighted by Crippen LogP contribution is 1.95. The van der Waals surface area contributed by atoms with Gasteiger partial charge in [0.25, 0.3) is 0 Å². The highest BCUT2D eigenvalue weighted by molar-refractivity contribution is 5.73. The van der Waals surface area contributed by atoms with E-state index in [1.165, 1.54) is 6.33 Å². The minimum absolute atomic E-state index is 0.263. The number of aromatic nitrogens is 2. The lowest BCUT2D eigenvalue weighted by molar-refractivity contribution is -0.140. The van der Waals surface area contributed by atoms with Crippen molar-refractivity contribution >= 4 is 11.9 Å². The van der Waals surface area contributed by atoms with Gasteiger partial charge in [-0.15, -0.1) is 0 Å². The number of rotatable bonds is 4. The van der Waals surface area contributed by atoms with Crippen LogP contribution in [0.2, 0.25) is 0 Å². The molecule has 0 amide bonds. The van der Waals surface area contributed by atoms with Crippen LogP contribution in [-0.2, 0) is 16.0 Å². The highest BCUT2D eigenvalue weighted by atomic mass is 16.4. The van der Waals surface area contributed by atoms with Gasteiger partial charge >= 0.3 is 11.9 Å². The Hall–Kier alpha value is -1.93. The number of H-pyrrole nitrogens is 1. The number of carboxylic acids is 2. The Morgan fingerprint density at radius 3 is 2.38 bits per heavy atom. The van der Waals surface area contributed by atoms with Crippen LogP contribution in [0.4, 0.5) is 0 Å². The summed E-state index contributed by atoms with van der Waals surface area (Å²) in [5.74, 6) is -2.20. The summed E-state index contributed by atoms with van der Waals surface area (Å²) < 4.78 is 0. The maximum Gasteiger partial charge on any atom is 0.329 e. The molecule has 1 aromatic rings. The van der Waals surface area contributed by atoms with E-state index >= 15 is 0 Å². The van der Waals surface area contributed by atoms with Crippen LogP contribution >= 0.6 is 0 Å². The van der Waals surface area contributed by atoms with E-state index in [-0.39, 0.29) is 6.42 Å². The molecule has 1 unspecified atom stereocenters. The Morgan fingerprint density at radius 1 is 1.50 bits per heavy atom. The Morgan fingerprint density at radius 2 is 2.06 bits per heavy atom. The molecule has 0 radical (unpaired) electrons. The van der Waals surface area contributed by atoms with Gasteiger partial charge < -0.3 is 26.0 Å². The largest absolute Gasteiger partial charge is 0.480 e. The molecule has 0 aliphatic heterocycles. The molecule has 8 nitrogen and oxygen atoms in total. The average molecular weight is 231 g/mol. The maximum absolute atomic E-state index is 10.3. The van der Waals surface area contributed by atoms with E-state index in [0.717, 1.165) is 0 Å². The monoisotopic (exact) mass is 231 g/mol. The number of aromatic amines is 1. The van der Waals surface area contributed by atoms with Gasteiger partial charge in [-0.3, -0.25) is 4.79 Å². The van der Waals surface area contributed by atoms with Crippen molar-refractivity contribution in [3.8, 4) is 0 Å². The number of hydrogen-bond donors (Lipinski definition) is 5. The molecule has 0 fully saturated rings. The van der Waals surface area contributed by atoms with Gasteiger partial charge in [-0.1, -0.05) is 0 Å². The standard InChI is InChI=1S/C6H9N3O2.C2H4O3/c7-5(6(10)11)1-4-2-8-3-9-4;3-1-2(4)5/h2-3,5H,1,7H2,(H,8,9)(H,10,11);3H,1H2,(H,4,5). The average Bonchev–Trinajstić information content (AvgIpc) is 2.71. The first-order valence-electron chi connectivity index (χ1n) is 4.26. The predicted octanol–water partition coefficient (Wildman–Crippen LogP) is -1.57. The molecule has 0 bridgehead atoms. The van der Waals surface area contributed by atoms with E-state index in [1.807, 2.05) is 0 Å². The number of aliphatic hydroxyl groups is 1. The summed E-state index contributed by atoms with van der Waals surface area (Å²) in [4.78, 5) is 25.9. The topological polar surface area (TPSA) is 150 Å². The van der Waals surface area contributed by atoms with Crippen molar-refractivity contribution in [2.24, 2.45) is 5.73 Å². The SMILES string of the molecule is NC(Cc1c[nH]cn1)C(=O)O.O=C(O)CO. The summed E-state index contributed by atoms with van der Waals surface area (Å²) in [6.45, 7) is -0.778. The number of carbonyl (C=O) groups is 2. The van der Waals surface area contributed by atoms with E-state index in [1.54, 1.807) is 6.20 Å². The summed E-state index contributed by atoms with van der Waals surface area (Å²) in [5, 5.41) is 23.4. The summed E-state index contributed by atoms with van der Waals surface area (Å²) in [5.41, 5.74) is 5.92. The van der Waals surface area contributed by atoms with Crippen molar-refractivity contribution in [3.05, 3.63) is 18.2 Å². The number of carboxylic acid groups (broad SMARTS) is 2. The first kappa shape index (κ1) is 14.1. The zero-order chi connectivity index (χ0) is 12.6. The van der Waals surface area contributed by atoms with Crippen molar-refractivity contribution in [1.29, 1.82) is 0 Å². The van der Waals surface area contributed by atoms with Crippen LogP contribution in [0.5, 0.6) is 0 Å². The number of aliphatic carboxylic acids is 2. The van der Waals surface area contributed by atoms with Crippen molar-refractivity contribution in [2.45, 2.75) is 12.5 Å². The smallest absolute Gasteiger partial charge is 0.329 e. The normalized spacial score (nSPS) is 11.1. The third-order valence-corrected chi connectivity index (χ3v) is 1.44. The van der Waals surface area contributed by atoms with Crippen molar-refractivity contribution < 1.29 is 24.9 Å². The molecule has 0 spiro atoms. The molecule has 1 heterocycles. The molecular weight excluding hydrogens is 218 g/mol. The lowest BCUT2D eigenvalue weighted by Crippen LogP contribution is -2.32. The van der Waals surface area contributed by atoms with Crippen molar-refractivity contribution in [3.63, 3.8) is 0 Å². The second kappa shape index (κ2) is 7.37. The Balaban J connectivity index is 0.000000385. The van der Waals surface area contributed by atoms with Crippen LogP contribution in [0.3, 0.4) is 0 Å². The Labute approximate surface area is 90.7 Å². The molecule has 0 aliphatic carbocycles. The van der Waals surface area contributed by atoms with Crippen LogP contribution in [0, 0.1) is 0 Å². The molecule has 0 saturated carbocycles. The summed E-state index contributed by atoms with van der Waals surface area (Å²) in [6, 6.07) is -0.863. The molecule has 0 aromatic carbocycles. The molecule has 0 saturated heterocycles. The number of aliphatic hydroxyl groups excluding tert-OH is 1. The molecule has 16 heavy (non-hydrogen) atoms. The molecule has 6 N–H and O–H groups in total. The highest BCUT2D eigenvalue weighted by Gasteiger charge is 2.12. The fraction of sp³-hybridized carbons (Fsp3) is 0.375. The van der Waals surface area contributed by atoms with Crippen molar-refractivity contribution in [1.82, 2.24) is 9.97 Å². The van der Waals surface area contributed by atoms with E-state index in [9.17, 15) is 4.79 Å². The van der Waals surface area contributed by atoms with Gasteiger partial charge in [0.2, 0.25) is 0 Å². The van der Waals surface area contributed by atoms with Gasteiger partial charge in [0.15, 0.2) is 0 Å². The minimum atomic E-state index is -1.19. The fourth-order valence-corrected chi connectivity index (χ4v) is 0.715.